The average Bonchev–Trinajstić information content (AvgIpc) is 2.92. The Hall–Kier alpha value is -3.26. The van der Waals surface area contributed by atoms with E-state index < -0.39 is 63.6 Å². The standard InChI is InChI=1S/C28H24B3F5N4O3S/c1-4-21(41)39-13(2)9-38(10-14(39)3)25-18-8-19(27(34,35)36)22(17-6-5-15(32)7-20(17)33)24-23(18)40(26(42)37-25)16(12-44-24)11-43-28(29,30)31/h4-8,13-14,16H,1,9-12H2,2-3H3/t13-,14+,16-/m0/s1. The Morgan fingerprint density at radius 3 is 2.39 bits per heavy atom. The van der Waals surface area contributed by atoms with Gasteiger partial charge >= 0.3 is 11.9 Å². The molecule has 16 heteroatoms. The van der Waals surface area contributed by atoms with E-state index in [9.17, 15) is 27.2 Å². The van der Waals surface area contributed by atoms with Crippen LogP contribution in [0, 0.1) is 11.6 Å². The SMILES string of the molecule is [B]C([B])([B])OC[C@H]1CSc2c(-c3ccc(F)cc3F)c(C(F)(F)F)cc3c(N4C[C@@H](C)N(C(=O)C=C)[C@@H](C)C4)nc(=O)n1c23. The highest BCUT2D eigenvalue weighted by Gasteiger charge is 2.41. The first kappa shape index (κ1) is 32.1. The number of rotatable bonds is 6. The van der Waals surface area contributed by atoms with Crippen molar-refractivity contribution in [2.45, 2.75) is 48.3 Å². The third-order valence-electron chi connectivity index (χ3n) is 7.61. The van der Waals surface area contributed by atoms with E-state index in [0.29, 0.717) is 6.07 Å². The summed E-state index contributed by atoms with van der Waals surface area (Å²) < 4.78 is 79.7. The molecule has 1 fully saturated rings. The van der Waals surface area contributed by atoms with Crippen LogP contribution in [0.25, 0.3) is 22.0 Å². The van der Waals surface area contributed by atoms with Gasteiger partial charge in [0, 0.05) is 58.4 Å². The van der Waals surface area contributed by atoms with Crippen LogP contribution in [0.5, 0.6) is 0 Å². The topological polar surface area (TPSA) is 67.7 Å². The minimum atomic E-state index is -4.98. The summed E-state index contributed by atoms with van der Waals surface area (Å²) in [7, 11) is 16.7. The van der Waals surface area contributed by atoms with Crippen molar-refractivity contribution >= 4 is 57.9 Å². The Balaban J connectivity index is 1.81. The number of ether oxygens (including phenoxy) is 1. The third-order valence-corrected chi connectivity index (χ3v) is 8.85. The van der Waals surface area contributed by atoms with Gasteiger partial charge in [-0.1, -0.05) is 6.58 Å². The van der Waals surface area contributed by atoms with Gasteiger partial charge in [-0.2, -0.15) is 18.2 Å². The lowest BCUT2D eigenvalue weighted by molar-refractivity contribution is -0.137. The van der Waals surface area contributed by atoms with Crippen LogP contribution in [0.4, 0.5) is 27.8 Å². The van der Waals surface area contributed by atoms with E-state index in [1.165, 1.54) is 10.6 Å². The molecule has 0 saturated carbocycles. The zero-order valence-corrected chi connectivity index (χ0v) is 24.5. The van der Waals surface area contributed by atoms with Gasteiger partial charge in [0.05, 0.1) is 47.3 Å². The van der Waals surface area contributed by atoms with Gasteiger partial charge in [0.1, 0.15) is 17.5 Å². The zero-order chi connectivity index (χ0) is 32.3. The number of thioether (sulfide) groups is 1. The van der Waals surface area contributed by atoms with Gasteiger partial charge in [0.15, 0.2) is 0 Å². The van der Waals surface area contributed by atoms with Crippen LogP contribution in [0.15, 0.2) is 46.6 Å². The number of carbonyl (C=O) groups excluding carboxylic acids is 1. The molecular weight excluding hydrogens is 600 g/mol. The number of piperazine rings is 1. The van der Waals surface area contributed by atoms with E-state index in [4.69, 9.17) is 28.3 Å². The third kappa shape index (κ3) is 5.90. The molecule has 224 valence electrons. The molecule has 5 rings (SSSR count). The van der Waals surface area contributed by atoms with E-state index >= 15 is 4.39 Å². The molecule has 3 aromatic rings. The molecule has 0 aliphatic carbocycles. The molecule has 3 heterocycles. The van der Waals surface area contributed by atoms with E-state index in [1.54, 1.807) is 23.6 Å². The molecule has 1 aromatic heterocycles. The molecule has 0 spiro atoms. The average molecular weight is 624 g/mol. The zero-order valence-electron chi connectivity index (χ0n) is 23.7. The molecule has 2 aliphatic rings. The smallest absolute Gasteiger partial charge is 0.401 e. The number of hydrogen-bond donors (Lipinski definition) is 0. The Morgan fingerprint density at radius 2 is 1.82 bits per heavy atom. The van der Waals surface area contributed by atoms with Gasteiger partial charge in [-0.25, -0.2) is 13.6 Å². The van der Waals surface area contributed by atoms with Gasteiger partial charge in [-0.05, 0) is 43.4 Å². The summed E-state index contributed by atoms with van der Waals surface area (Å²) in [6, 6.07) is 1.48. The highest BCUT2D eigenvalue weighted by atomic mass is 32.2. The fourth-order valence-electron chi connectivity index (χ4n) is 5.91. The van der Waals surface area contributed by atoms with Crippen LogP contribution in [0.3, 0.4) is 0 Å². The maximum absolute atomic E-state index is 15.1. The molecule has 0 unspecified atom stereocenters. The molecule has 1 saturated heterocycles. The predicted molar refractivity (Wildman–Crippen MR) is 160 cm³/mol. The van der Waals surface area contributed by atoms with Gasteiger partial charge < -0.3 is 14.5 Å². The number of anilines is 1. The molecule has 7 nitrogen and oxygen atoms in total. The van der Waals surface area contributed by atoms with E-state index in [-0.39, 0.29) is 53.0 Å². The van der Waals surface area contributed by atoms with E-state index in [1.807, 2.05) is 0 Å². The number of carbonyl (C=O) groups is 1. The van der Waals surface area contributed by atoms with Crippen LogP contribution >= 0.6 is 11.8 Å². The van der Waals surface area contributed by atoms with Crippen molar-refractivity contribution in [2.24, 2.45) is 0 Å². The molecule has 0 bridgehead atoms. The first-order valence-electron chi connectivity index (χ1n) is 13.5. The first-order valence-corrected chi connectivity index (χ1v) is 14.5. The molecule has 3 atom stereocenters. The Labute approximate surface area is 258 Å². The number of alkyl halides is 3. The number of benzene rings is 2. The summed E-state index contributed by atoms with van der Waals surface area (Å²) in [4.78, 5) is 33.6. The summed E-state index contributed by atoms with van der Waals surface area (Å²) in [6.07, 6.45) is -3.80. The van der Waals surface area contributed by atoms with E-state index in [2.05, 4.69) is 11.6 Å². The maximum atomic E-state index is 15.1. The number of halogens is 5. The summed E-state index contributed by atoms with van der Waals surface area (Å²) >= 11 is 0.944. The quantitative estimate of drug-likeness (QED) is 0.237. The summed E-state index contributed by atoms with van der Waals surface area (Å²) in [6.45, 7) is 7.07. The molecule has 0 N–H and O–H groups in total. The Bertz CT molecular complexity index is 1700. The highest BCUT2D eigenvalue weighted by Crippen LogP contribution is 2.50. The van der Waals surface area contributed by atoms with Crippen LogP contribution < -0.4 is 10.6 Å². The number of hydrogen-bond acceptors (Lipinski definition) is 6. The van der Waals surface area contributed by atoms with Crippen molar-refractivity contribution in [3.8, 4) is 11.1 Å². The molecular formula is C28H24B3F5N4O3S. The monoisotopic (exact) mass is 624 g/mol. The molecule has 1 amide bonds. The summed E-state index contributed by atoms with van der Waals surface area (Å²) in [5.74, 6) is -2.52. The van der Waals surface area contributed by atoms with Gasteiger partial charge in [0.2, 0.25) is 5.91 Å². The molecule has 2 aliphatic heterocycles. The number of nitrogens with zero attached hydrogens (tertiary/aromatic N) is 4. The van der Waals surface area contributed by atoms with Crippen LogP contribution in [-0.2, 0) is 15.7 Å². The van der Waals surface area contributed by atoms with Crippen LogP contribution in [0.1, 0.15) is 25.5 Å². The van der Waals surface area contributed by atoms with Crippen molar-refractivity contribution in [3.63, 3.8) is 0 Å². The minimum Gasteiger partial charge on any atom is -0.401 e. The van der Waals surface area contributed by atoms with Gasteiger partial charge in [0.25, 0.3) is 0 Å². The lowest BCUT2D eigenvalue weighted by atomic mass is 9.52. The van der Waals surface area contributed by atoms with Crippen molar-refractivity contribution in [3.05, 3.63) is 64.6 Å². The predicted octanol–water partition coefficient (Wildman–Crippen LogP) is 3.75. The Kier molecular flexibility index (Phi) is 8.47. The maximum Gasteiger partial charge on any atom is 0.417 e. The minimum absolute atomic E-state index is 0.00730. The van der Waals surface area contributed by atoms with Gasteiger partial charge in [-0.15, -0.1) is 11.8 Å². The lowest BCUT2D eigenvalue weighted by Crippen LogP contribution is -2.58. The van der Waals surface area contributed by atoms with Crippen molar-refractivity contribution < 1.29 is 31.5 Å². The first-order chi connectivity index (χ1) is 20.5. The van der Waals surface area contributed by atoms with Gasteiger partial charge in [-0.3, -0.25) is 9.36 Å². The second-order valence-electron chi connectivity index (χ2n) is 10.9. The van der Waals surface area contributed by atoms with Crippen LogP contribution in [-0.4, -0.2) is 86.7 Å². The fraction of sp³-hybridized carbons (Fsp3) is 0.393. The molecule has 44 heavy (non-hydrogen) atoms. The molecule has 6 radical (unpaired) electrons. The second kappa shape index (κ2) is 11.6. The largest absolute Gasteiger partial charge is 0.417 e. The van der Waals surface area contributed by atoms with E-state index in [0.717, 1.165) is 30.0 Å². The van der Waals surface area contributed by atoms with Crippen molar-refractivity contribution in [1.29, 1.82) is 0 Å². The van der Waals surface area contributed by atoms with Crippen molar-refractivity contribution in [1.82, 2.24) is 14.5 Å². The Morgan fingerprint density at radius 1 is 1.16 bits per heavy atom. The van der Waals surface area contributed by atoms with Crippen molar-refractivity contribution in [2.75, 3.05) is 30.3 Å². The second-order valence-corrected chi connectivity index (χ2v) is 11.9. The number of aromatic nitrogens is 2. The van der Waals surface area contributed by atoms with Crippen LogP contribution in [0.2, 0.25) is 0 Å². The summed E-state index contributed by atoms with van der Waals surface area (Å²) in [5, 5.41) is -2.09. The lowest BCUT2D eigenvalue weighted by Gasteiger charge is -2.45. The normalized spacial score (nSPS) is 20.7. The fourth-order valence-corrected chi connectivity index (χ4v) is 7.23. The highest BCUT2D eigenvalue weighted by molar-refractivity contribution is 7.99. The number of amides is 1. The molecule has 2 aromatic carbocycles. The summed E-state index contributed by atoms with van der Waals surface area (Å²) in [5.41, 5.74) is -2.97.